The third-order valence-electron chi connectivity index (χ3n) is 3.59. The summed E-state index contributed by atoms with van der Waals surface area (Å²) in [5.74, 6) is -0.170. The highest BCUT2D eigenvalue weighted by Crippen LogP contribution is 2.25. The fraction of sp³-hybridized carbons (Fsp3) is 0.222. The number of nitrogens with one attached hydrogen (secondary N) is 2. The Morgan fingerprint density at radius 3 is 2.56 bits per heavy atom. The lowest BCUT2D eigenvalue weighted by Gasteiger charge is -2.12. The van der Waals surface area contributed by atoms with Crippen LogP contribution in [0.5, 0.6) is 5.75 Å². The van der Waals surface area contributed by atoms with Crippen LogP contribution in [-0.4, -0.2) is 24.5 Å². The molecule has 1 fully saturated rings. The Morgan fingerprint density at radius 2 is 1.88 bits per heavy atom. The third kappa shape index (κ3) is 5.21. The molecule has 2 aromatic carbocycles. The summed E-state index contributed by atoms with van der Waals surface area (Å²) < 4.78 is 6.29. The minimum atomic E-state index is -0.332. The Balaban J connectivity index is 1.69. The molecule has 0 heterocycles. The number of halogens is 2. The SMILES string of the molecule is O=C(COc1ccc(Br)cc1C(=O)Nc1ccc(Cl)cc1)NC1CC1. The lowest BCUT2D eigenvalue weighted by Crippen LogP contribution is -2.30. The molecule has 0 unspecified atom stereocenters. The van der Waals surface area contributed by atoms with E-state index in [4.69, 9.17) is 16.3 Å². The molecule has 25 heavy (non-hydrogen) atoms. The summed E-state index contributed by atoms with van der Waals surface area (Å²) in [6, 6.07) is 12.1. The predicted molar refractivity (Wildman–Crippen MR) is 100 cm³/mol. The van der Waals surface area contributed by atoms with E-state index in [1.165, 1.54) is 0 Å². The highest BCUT2D eigenvalue weighted by atomic mass is 79.9. The van der Waals surface area contributed by atoms with E-state index < -0.39 is 0 Å². The average Bonchev–Trinajstić information content (AvgIpc) is 3.39. The number of ether oxygens (including phenoxy) is 1. The number of anilines is 1. The van der Waals surface area contributed by atoms with Gasteiger partial charge >= 0.3 is 0 Å². The molecule has 2 amide bonds. The molecule has 0 aliphatic heterocycles. The molecule has 0 aromatic heterocycles. The molecule has 1 aliphatic rings. The van der Waals surface area contributed by atoms with Crippen molar-refractivity contribution in [2.75, 3.05) is 11.9 Å². The van der Waals surface area contributed by atoms with Gasteiger partial charge in [0.2, 0.25) is 0 Å². The first-order chi connectivity index (χ1) is 12.0. The number of rotatable bonds is 6. The van der Waals surface area contributed by atoms with Gasteiger partial charge in [0.1, 0.15) is 5.75 Å². The summed E-state index contributed by atoms with van der Waals surface area (Å²) in [7, 11) is 0. The minimum absolute atomic E-state index is 0.126. The fourth-order valence-electron chi connectivity index (χ4n) is 2.18. The summed E-state index contributed by atoms with van der Waals surface area (Å²) in [5, 5.41) is 6.22. The zero-order valence-electron chi connectivity index (χ0n) is 13.2. The van der Waals surface area contributed by atoms with Crippen LogP contribution in [0.3, 0.4) is 0 Å². The first-order valence-electron chi connectivity index (χ1n) is 7.80. The zero-order valence-corrected chi connectivity index (χ0v) is 15.6. The Kier molecular flexibility index (Phi) is 5.60. The molecule has 3 rings (SSSR count). The second kappa shape index (κ2) is 7.89. The molecule has 0 spiro atoms. The average molecular weight is 424 g/mol. The van der Waals surface area contributed by atoms with Crippen LogP contribution in [0.2, 0.25) is 5.02 Å². The maximum absolute atomic E-state index is 12.6. The van der Waals surface area contributed by atoms with Crippen molar-refractivity contribution in [2.45, 2.75) is 18.9 Å². The second-order valence-corrected chi connectivity index (χ2v) is 7.08. The van der Waals surface area contributed by atoms with Gasteiger partial charge in [-0.15, -0.1) is 0 Å². The lowest BCUT2D eigenvalue weighted by atomic mass is 10.2. The summed E-state index contributed by atoms with van der Waals surface area (Å²) in [5.41, 5.74) is 0.954. The molecule has 1 saturated carbocycles. The number of benzene rings is 2. The quantitative estimate of drug-likeness (QED) is 0.737. The smallest absolute Gasteiger partial charge is 0.259 e. The van der Waals surface area contributed by atoms with Gasteiger partial charge in [-0.25, -0.2) is 0 Å². The van der Waals surface area contributed by atoms with Gasteiger partial charge in [-0.05, 0) is 55.3 Å². The molecule has 2 N–H and O–H groups in total. The number of hydrogen-bond acceptors (Lipinski definition) is 3. The standard InChI is InChI=1S/C18H16BrClN2O3/c19-11-1-8-16(25-10-17(23)21-13-6-7-13)15(9-11)18(24)22-14-4-2-12(20)3-5-14/h1-5,8-9,13H,6-7,10H2,(H,21,23)(H,22,24). The molecule has 2 aromatic rings. The van der Waals surface area contributed by atoms with Gasteiger partial charge in [-0.2, -0.15) is 0 Å². The van der Waals surface area contributed by atoms with Gasteiger partial charge in [0.15, 0.2) is 6.61 Å². The van der Waals surface area contributed by atoms with E-state index >= 15 is 0 Å². The lowest BCUT2D eigenvalue weighted by molar-refractivity contribution is -0.123. The van der Waals surface area contributed by atoms with Gasteiger partial charge in [-0.1, -0.05) is 27.5 Å². The predicted octanol–water partition coefficient (Wildman–Crippen LogP) is 4.01. The van der Waals surface area contributed by atoms with E-state index in [-0.39, 0.29) is 24.5 Å². The Labute approximate surface area is 158 Å². The van der Waals surface area contributed by atoms with E-state index in [2.05, 4.69) is 26.6 Å². The first kappa shape index (κ1) is 17.8. The molecule has 130 valence electrons. The van der Waals surface area contributed by atoms with Crippen LogP contribution in [0.25, 0.3) is 0 Å². The number of amides is 2. The van der Waals surface area contributed by atoms with Crippen molar-refractivity contribution in [1.29, 1.82) is 0 Å². The fourth-order valence-corrected chi connectivity index (χ4v) is 2.66. The molecule has 7 heteroatoms. The van der Waals surface area contributed by atoms with Crippen LogP contribution >= 0.6 is 27.5 Å². The highest BCUT2D eigenvalue weighted by Gasteiger charge is 2.23. The summed E-state index contributed by atoms with van der Waals surface area (Å²) >= 11 is 9.19. The van der Waals surface area contributed by atoms with Crippen LogP contribution in [-0.2, 0) is 4.79 Å². The maximum atomic E-state index is 12.6. The van der Waals surface area contributed by atoms with E-state index in [9.17, 15) is 9.59 Å². The zero-order chi connectivity index (χ0) is 17.8. The van der Waals surface area contributed by atoms with Crippen molar-refractivity contribution in [3.63, 3.8) is 0 Å². The van der Waals surface area contributed by atoms with Crippen molar-refractivity contribution in [3.8, 4) is 5.75 Å². The van der Waals surface area contributed by atoms with Gasteiger partial charge in [0, 0.05) is 21.2 Å². The third-order valence-corrected chi connectivity index (χ3v) is 4.33. The van der Waals surface area contributed by atoms with E-state index in [0.29, 0.717) is 22.0 Å². The van der Waals surface area contributed by atoms with Crippen LogP contribution in [0, 0.1) is 0 Å². The maximum Gasteiger partial charge on any atom is 0.259 e. The van der Waals surface area contributed by atoms with Crippen LogP contribution in [0.15, 0.2) is 46.9 Å². The van der Waals surface area contributed by atoms with Crippen molar-refractivity contribution in [3.05, 3.63) is 57.5 Å². The molecular formula is C18H16BrClN2O3. The number of carbonyl (C=O) groups excluding carboxylic acids is 2. The minimum Gasteiger partial charge on any atom is -0.483 e. The normalized spacial score (nSPS) is 13.2. The Morgan fingerprint density at radius 1 is 1.16 bits per heavy atom. The van der Waals surface area contributed by atoms with Crippen molar-refractivity contribution in [2.24, 2.45) is 0 Å². The number of hydrogen-bond donors (Lipinski definition) is 2. The molecule has 0 saturated heterocycles. The van der Waals surface area contributed by atoms with Gasteiger partial charge in [0.05, 0.1) is 5.56 Å². The van der Waals surface area contributed by atoms with Gasteiger partial charge in [0.25, 0.3) is 11.8 Å². The molecule has 0 bridgehead atoms. The van der Waals surface area contributed by atoms with Gasteiger partial charge < -0.3 is 15.4 Å². The molecular weight excluding hydrogens is 408 g/mol. The van der Waals surface area contributed by atoms with Crippen LogP contribution in [0.1, 0.15) is 23.2 Å². The second-order valence-electron chi connectivity index (χ2n) is 5.73. The molecule has 0 radical (unpaired) electrons. The molecule has 5 nitrogen and oxygen atoms in total. The molecule has 1 aliphatic carbocycles. The largest absolute Gasteiger partial charge is 0.483 e. The van der Waals surface area contributed by atoms with E-state index in [1.807, 2.05) is 0 Å². The summed E-state index contributed by atoms with van der Waals surface area (Å²) in [6.07, 6.45) is 2.03. The van der Waals surface area contributed by atoms with Crippen molar-refractivity contribution >= 4 is 45.0 Å². The topological polar surface area (TPSA) is 67.4 Å². The van der Waals surface area contributed by atoms with Crippen LogP contribution in [0.4, 0.5) is 5.69 Å². The highest BCUT2D eigenvalue weighted by molar-refractivity contribution is 9.10. The Bertz CT molecular complexity index is 791. The summed E-state index contributed by atoms with van der Waals surface area (Å²) in [6.45, 7) is -0.126. The van der Waals surface area contributed by atoms with E-state index in [0.717, 1.165) is 17.3 Å². The monoisotopic (exact) mass is 422 g/mol. The first-order valence-corrected chi connectivity index (χ1v) is 8.97. The van der Waals surface area contributed by atoms with E-state index in [1.54, 1.807) is 42.5 Å². The summed E-state index contributed by atoms with van der Waals surface area (Å²) in [4.78, 5) is 24.3. The Hall–Kier alpha value is -2.05. The van der Waals surface area contributed by atoms with Crippen LogP contribution < -0.4 is 15.4 Å². The van der Waals surface area contributed by atoms with Gasteiger partial charge in [-0.3, -0.25) is 9.59 Å². The number of carbonyl (C=O) groups is 2. The van der Waals surface area contributed by atoms with Crippen molar-refractivity contribution < 1.29 is 14.3 Å². The molecule has 0 atom stereocenters. The van der Waals surface area contributed by atoms with Crippen molar-refractivity contribution in [1.82, 2.24) is 5.32 Å².